The number of phenols is 2. The van der Waals surface area contributed by atoms with Crippen molar-refractivity contribution in [1.82, 2.24) is 0 Å². The molecule has 1 amide bonds. The first kappa shape index (κ1) is 41.7. The average Bonchev–Trinajstić information content (AvgIpc) is 3.74. The lowest BCUT2D eigenvalue weighted by molar-refractivity contribution is 0.103. The first-order valence-electron chi connectivity index (χ1n) is 17.9. The van der Waals surface area contributed by atoms with Crippen LogP contribution >= 0.6 is 34.5 Å². The highest BCUT2D eigenvalue weighted by Gasteiger charge is 2.28. The fourth-order valence-electron chi connectivity index (χ4n) is 6.45. The number of anilines is 4. The maximum absolute atomic E-state index is 14.0. The number of morpholine rings is 1. The second-order valence-electron chi connectivity index (χ2n) is 13.6. The summed E-state index contributed by atoms with van der Waals surface area (Å²) in [6.07, 6.45) is 0. The minimum atomic E-state index is -4.50. The monoisotopic (exact) mass is 894 g/mol. The van der Waals surface area contributed by atoms with E-state index >= 15 is 0 Å². The van der Waals surface area contributed by atoms with E-state index in [9.17, 15) is 31.8 Å². The van der Waals surface area contributed by atoms with Crippen molar-refractivity contribution in [1.29, 1.82) is 0 Å². The maximum atomic E-state index is 14.0. The third kappa shape index (κ3) is 8.80. The van der Waals surface area contributed by atoms with Gasteiger partial charge in [0.1, 0.15) is 27.0 Å². The molecule has 1 aliphatic rings. The normalized spacial score (nSPS) is 13.5. The Morgan fingerprint density at radius 3 is 2.20 bits per heavy atom. The Labute approximate surface area is 354 Å². The number of aromatic hydroxyl groups is 2. The predicted molar refractivity (Wildman–Crippen MR) is 232 cm³/mol. The number of benzene rings is 5. The van der Waals surface area contributed by atoms with Gasteiger partial charge in [0, 0.05) is 23.9 Å². The lowest BCUT2D eigenvalue weighted by Crippen LogP contribution is -2.37. The number of nitrogens with zero attached hydrogens (tertiary/aromatic N) is 3. The lowest BCUT2D eigenvalue weighted by Gasteiger charge is -2.30. The van der Waals surface area contributed by atoms with Gasteiger partial charge in [-0.05, 0) is 97.4 Å². The number of carbonyl (C=O) groups is 1. The van der Waals surface area contributed by atoms with Crippen molar-refractivity contribution in [2.45, 2.75) is 30.6 Å². The summed E-state index contributed by atoms with van der Waals surface area (Å²) in [5.41, 5.74) is 2.81. The van der Waals surface area contributed by atoms with Crippen LogP contribution in [0.5, 0.6) is 11.5 Å². The number of amides is 1. The maximum Gasteiger partial charge on any atom is 0.265 e. The van der Waals surface area contributed by atoms with Crippen molar-refractivity contribution >= 4 is 105 Å². The Morgan fingerprint density at radius 1 is 0.763 bits per heavy atom. The summed E-state index contributed by atoms with van der Waals surface area (Å²) in [5, 5.41) is 35.4. The van der Waals surface area contributed by atoms with Crippen LogP contribution in [0.4, 0.5) is 34.1 Å². The van der Waals surface area contributed by atoms with Gasteiger partial charge in [0.2, 0.25) is 0 Å². The Hall–Kier alpha value is -5.43. The molecule has 0 spiro atoms. The van der Waals surface area contributed by atoms with E-state index in [1.165, 1.54) is 53.8 Å². The van der Waals surface area contributed by atoms with Gasteiger partial charge < -0.3 is 25.2 Å². The summed E-state index contributed by atoms with van der Waals surface area (Å²) in [6.45, 7) is 6.86. The third-order valence-corrected chi connectivity index (χ3v) is 14.0. The zero-order valence-electron chi connectivity index (χ0n) is 31.6. The molecule has 6 aromatic rings. The fraction of sp³-hybridized carbons (Fsp3) is 0.175. The molecule has 59 heavy (non-hydrogen) atoms. The molecule has 1 saturated heterocycles. The van der Waals surface area contributed by atoms with Crippen LogP contribution in [-0.4, -0.2) is 59.3 Å². The number of fused-ring (bicyclic) bond motifs is 1. The van der Waals surface area contributed by atoms with Crippen molar-refractivity contribution < 1.29 is 36.6 Å². The van der Waals surface area contributed by atoms with E-state index < -0.39 is 30.8 Å². The van der Waals surface area contributed by atoms with E-state index in [1.54, 1.807) is 43.5 Å². The molecular formula is C40H36Cl2N6O8S3. The fourth-order valence-corrected chi connectivity index (χ4v) is 10.3. The minimum absolute atomic E-state index is 0.0125. The number of thiophene rings is 1. The van der Waals surface area contributed by atoms with E-state index in [0.29, 0.717) is 47.6 Å². The molecule has 14 nitrogen and oxygen atoms in total. The summed E-state index contributed by atoms with van der Waals surface area (Å²) in [6, 6.07) is 19.5. The van der Waals surface area contributed by atoms with Crippen molar-refractivity contribution in [2.75, 3.05) is 46.0 Å². The Morgan fingerprint density at radius 2 is 1.47 bits per heavy atom. The van der Waals surface area contributed by atoms with Crippen LogP contribution in [0.3, 0.4) is 0 Å². The van der Waals surface area contributed by atoms with E-state index in [2.05, 4.69) is 25.0 Å². The minimum Gasteiger partial charge on any atom is -0.506 e. The molecular weight excluding hydrogens is 860 g/mol. The molecule has 5 aromatic carbocycles. The van der Waals surface area contributed by atoms with Gasteiger partial charge in [-0.2, -0.15) is 0 Å². The van der Waals surface area contributed by atoms with E-state index in [4.69, 9.17) is 27.9 Å². The van der Waals surface area contributed by atoms with Crippen molar-refractivity contribution in [3.05, 3.63) is 116 Å². The summed E-state index contributed by atoms with van der Waals surface area (Å²) in [4.78, 5) is 14.4. The summed E-state index contributed by atoms with van der Waals surface area (Å²) in [7, 11) is -8.90. The van der Waals surface area contributed by atoms with Crippen LogP contribution in [0.25, 0.3) is 10.8 Å². The van der Waals surface area contributed by atoms with Gasteiger partial charge in [-0.3, -0.25) is 14.2 Å². The molecule has 2 heterocycles. The van der Waals surface area contributed by atoms with Gasteiger partial charge in [0.25, 0.3) is 26.0 Å². The van der Waals surface area contributed by atoms with Crippen LogP contribution in [-0.2, 0) is 24.8 Å². The highest BCUT2D eigenvalue weighted by Crippen LogP contribution is 2.43. The highest BCUT2D eigenvalue weighted by atomic mass is 35.5. The Balaban J connectivity index is 1.20. The van der Waals surface area contributed by atoms with Gasteiger partial charge >= 0.3 is 0 Å². The molecule has 1 aromatic heterocycles. The zero-order valence-corrected chi connectivity index (χ0v) is 35.5. The number of hydrogen-bond donors (Lipinski definition) is 5. The van der Waals surface area contributed by atoms with Crippen LogP contribution in [0, 0.1) is 20.8 Å². The van der Waals surface area contributed by atoms with Crippen LogP contribution in [0.15, 0.2) is 104 Å². The number of phenolic OH excluding ortho intramolecular Hbond substituents is 2. The van der Waals surface area contributed by atoms with Crippen LogP contribution < -0.4 is 19.7 Å². The number of aryl methyl sites for hydroxylation is 3. The van der Waals surface area contributed by atoms with Gasteiger partial charge in [-0.15, -0.1) is 21.6 Å². The average molecular weight is 896 g/mol. The molecule has 0 atom stereocenters. The molecule has 7 rings (SSSR count). The summed E-state index contributed by atoms with van der Waals surface area (Å²) in [5.74, 6) is -0.857. The predicted octanol–water partition coefficient (Wildman–Crippen LogP) is 9.65. The van der Waals surface area contributed by atoms with Gasteiger partial charge in [0.15, 0.2) is 0 Å². The molecule has 0 aliphatic carbocycles. The molecule has 1 aliphatic heterocycles. The highest BCUT2D eigenvalue weighted by molar-refractivity contribution is 7.93. The number of nitrogens with one attached hydrogen (secondary N) is 3. The smallest absolute Gasteiger partial charge is 0.265 e. The van der Waals surface area contributed by atoms with Crippen molar-refractivity contribution in [3.8, 4) is 11.5 Å². The molecule has 0 bridgehead atoms. The Kier molecular flexibility index (Phi) is 11.8. The standard InChI is InChI=1S/C40H36Cl2N6O8S3/c1-22-6-4-7-26-38(22)31(21-32(39(26)50)43-40(51)35-8-5-15-57-35)45-44-29-19-28(42)36(20-27(29)41)58(52,53)46-25-9-10-33(48-11-13-56-14-12-48)37(18-25)59(54,55)47-30-16-23(2)24(3)17-34(30)49/h4-10,15-21,46-47,49-50H,11-14H2,1-3H3,(H,43,51). The number of rotatable bonds is 11. The number of sulfonamides is 2. The number of azo groups is 1. The number of carbonyl (C=O) groups excluding carboxylic acids is 1. The van der Waals surface area contributed by atoms with E-state index in [0.717, 1.165) is 22.8 Å². The molecule has 306 valence electrons. The van der Waals surface area contributed by atoms with E-state index in [-0.39, 0.29) is 54.9 Å². The largest absolute Gasteiger partial charge is 0.506 e. The number of hydrogen-bond acceptors (Lipinski definition) is 12. The quantitative estimate of drug-likeness (QED) is 0.0621. The second kappa shape index (κ2) is 16.7. The zero-order chi connectivity index (χ0) is 42.2. The van der Waals surface area contributed by atoms with Crippen molar-refractivity contribution in [2.24, 2.45) is 10.2 Å². The van der Waals surface area contributed by atoms with Gasteiger partial charge in [-0.1, -0.05) is 47.5 Å². The third-order valence-electron chi connectivity index (χ3n) is 9.58. The second-order valence-corrected chi connectivity index (χ2v) is 18.7. The molecule has 0 unspecified atom stereocenters. The lowest BCUT2D eigenvalue weighted by atomic mass is 10.0. The number of ether oxygens (including phenoxy) is 1. The molecule has 1 fully saturated rings. The van der Waals surface area contributed by atoms with Crippen LogP contribution in [0.2, 0.25) is 10.0 Å². The summed E-state index contributed by atoms with van der Waals surface area (Å²) < 4.78 is 66.0. The molecule has 0 radical (unpaired) electrons. The molecule has 5 N–H and O–H groups in total. The topological polar surface area (TPSA) is 199 Å². The van der Waals surface area contributed by atoms with Crippen molar-refractivity contribution in [3.63, 3.8) is 0 Å². The summed E-state index contributed by atoms with van der Waals surface area (Å²) >= 11 is 14.4. The van der Waals surface area contributed by atoms with E-state index in [1.807, 2.05) is 17.9 Å². The Bertz CT molecular complexity index is 2890. The SMILES string of the molecule is Cc1cc(O)c(NS(=O)(=O)c2cc(NS(=O)(=O)c3cc(Cl)c(N=Nc4cc(NC(=O)c5cccs5)c(O)c5cccc(C)c45)cc3Cl)ccc2N2CCOCC2)cc1C. The van der Waals surface area contributed by atoms with Crippen LogP contribution in [0.1, 0.15) is 26.4 Å². The number of halogens is 2. The van der Waals surface area contributed by atoms with Gasteiger partial charge in [-0.25, -0.2) is 16.8 Å². The van der Waals surface area contributed by atoms with Gasteiger partial charge in [0.05, 0.1) is 56.6 Å². The first-order valence-corrected chi connectivity index (χ1v) is 22.5. The first-order chi connectivity index (χ1) is 28.0. The molecule has 0 saturated carbocycles. The molecule has 19 heteroatoms.